The Morgan fingerprint density at radius 3 is 2.78 bits per heavy atom. The third-order valence-electron chi connectivity index (χ3n) is 3.29. The normalized spacial score (nSPS) is 22.1. The molecule has 1 atom stereocenters. The molecule has 0 aromatic carbocycles. The first-order chi connectivity index (χ1) is 8.54. The minimum absolute atomic E-state index is 0.529. The monoisotopic (exact) mass is 278 g/mol. The average Bonchev–Trinajstić information content (AvgIpc) is 2.56. The van der Waals surface area contributed by atoms with E-state index in [9.17, 15) is 8.42 Å². The molecule has 1 unspecified atom stereocenters. The van der Waals surface area contributed by atoms with Crippen molar-refractivity contribution in [3.05, 3.63) is 0 Å². The lowest BCUT2D eigenvalue weighted by Crippen LogP contribution is -2.35. The van der Waals surface area contributed by atoms with Gasteiger partial charge in [0.15, 0.2) is 0 Å². The summed E-state index contributed by atoms with van der Waals surface area (Å²) in [6.07, 6.45) is 5.46. The van der Waals surface area contributed by atoms with Gasteiger partial charge in [-0.3, -0.25) is 0 Å². The van der Waals surface area contributed by atoms with Crippen molar-refractivity contribution in [1.82, 2.24) is 9.62 Å². The van der Waals surface area contributed by atoms with E-state index in [2.05, 4.69) is 5.32 Å². The van der Waals surface area contributed by atoms with Gasteiger partial charge < -0.3 is 10.1 Å². The van der Waals surface area contributed by atoms with Crippen LogP contribution in [-0.4, -0.2) is 57.9 Å². The first-order valence-corrected chi connectivity index (χ1v) is 8.65. The van der Waals surface area contributed by atoms with Crippen LogP contribution in [0.25, 0.3) is 0 Å². The highest BCUT2D eigenvalue weighted by atomic mass is 32.2. The molecule has 0 saturated carbocycles. The molecule has 1 N–H and O–H groups in total. The standard InChI is InChI=1S/C12H26N2O3S/c1-3-14(18(2,15)16)9-5-8-13-12-6-4-10-17-11-7-12/h12-13H,3-11H2,1-2H3. The Kier molecular flexibility index (Phi) is 7.14. The zero-order chi connectivity index (χ0) is 13.4. The number of sulfonamides is 1. The molecule has 5 nitrogen and oxygen atoms in total. The fourth-order valence-corrected chi connectivity index (χ4v) is 3.16. The van der Waals surface area contributed by atoms with Crippen LogP contribution in [0.1, 0.15) is 32.6 Å². The molecular formula is C12H26N2O3S. The van der Waals surface area contributed by atoms with Crippen molar-refractivity contribution in [1.29, 1.82) is 0 Å². The first-order valence-electron chi connectivity index (χ1n) is 6.80. The van der Waals surface area contributed by atoms with Crippen LogP contribution < -0.4 is 5.32 Å². The van der Waals surface area contributed by atoms with E-state index in [1.54, 1.807) is 0 Å². The molecule has 0 amide bonds. The smallest absolute Gasteiger partial charge is 0.211 e. The van der Waals surface area contributed by atoms with Gasteiger partial charge >= 0.3 is 0 Å². The summed E-state index contributed by atoms with van der Waals surface area (Å²) in [6, 6.07) is 0.529. The molecule has 1 aliphatic rings. The van der Waals surface area contributed by atoms with E-state index in [0.717, 1.165) is 45.4 Å². The van der Waals surface area contributed by atoms with Crippen LogP contribution in [0, 0.1) is 0 Å². The highest BCUT2D eigenvalue weighted by molar-refractivity contribution is 7.88. The van der Waals surface area contributed by atoms with Crippen molar-refractivity contribution in [3.63, 3.8) is 0 Å². The van der Waals surface area contributed by atoms with Gasteiger partial charge in [0.2, 0.25) is 10.0 Å². The lowest BCUT2D eigenvalue weighted by atomic mass is 10.1. The Morgan fingerprint density at radius 1 is 1.33 bits per heavy atom. The molecule has 1 fully saturated rings. The summed E-state index contributed by atoms with van der Waals surface area (Å²) in [5, 5.41) is 3.49. The van der Waals surface area contributed by atoms with Gasteiger partial charge in [-0.05, 0) is 32.2 Å². The second-order valence-corrected chi connectivity index (χ2v) is 6.78. The number of ether oxygens (including phenoxy) is 1. The largest absolute Gasteiger partial charge is 0.381 e. The number of hydrogen-bond donors (Lipinski definition) is 1. The van der Waals surface area contributed by atoms with Gasteiger partial charge in [-0.15, -0.1) is 0 Å². The third kappa shape index (κ3) is 6.13. The maximum atomic E-state index is 11.4. The van der Waals surface area contributed by atoms with Crippen LogP contribution in [-0.2, 0) is 14.8 Å². The molecule has 1 saturated heterocycles. The van der Waals surface area contributed by atoms with Gasteiger partial charge in [-0.25, -0.2) is 12.7 Å². The molecular weight excluding hydrogens is 252 g/mol. The van der Waals surface area contributed by atoms with Crippen LogP contribution >= 0.6 is 0 Å². The molecule has 1 aliphatic heterocycles. The summed E-state index contributed by atoms with van der Waals surface area (Å²) >= 11 is 0. The molecule has 1 heterocycles. The maximum Gasteiger partial charge on any atom is 0.211 e. The molecule has 18 heavy (non-hydrogen) atoms. The SMILES string of the molecule is CCN(CCCNC1CCCOCC1)S(C)(=O)=O. The summed E-state index contributed by atoms with van der Waals surface area (Å²) < 4.78 is 29.7. The average molecular weight is 278 g/mol. The Bertz CT molecular complexity index is 311. The zero-order valence-corrected chi connectivity index (χ0v) is 12.3. The lowest BCUT2D eigenvalue weighted by molar-refractivity contribution is 0.142. The molecule has 0 radical (unpaired) electrons. The number of rotatable bonds is 7. The Balaban J connectivity index is 2.17. The van der Waals surface area contributed by atoms with Crippen molar-refractivity contribution < 1.29 is 13.2 Å². The summed E-state index contributed by atoms with van der Waals surface area (Å²) in [4.78, 5) is 0. The van der Waals surface area contributed by atoms with Crippen LogP contribution in [0.4, 0.5) is 0 Å². The molecule has 0 spiro atoms. The zero-order valence-electron chi connectivity index (χ0n) is 11.5. The van der Waals surface area contributed by atoms with Crippen molar-refractivity contribution in [3.8, 4) is 0 Å². The predicted octanol–water partition coefficient (Wildman–Crippen LogP) is 0.817. The predicted molar refractivity (Wildman–Crippen MR) is 73.2 cm³/mol. The van der Waals surface area contributed by atoms with Gasteiger partial charge in [-0.1, -0.05) is 6.92 Å². The van der Waals surface area contributed by atoms with Gasteiger partial charge in [0, 0.05) is 32.3 Å². The quantitative estimate of drug-likeness (QED) is 0.700. The first kappa shape index (κ1) is 15.9. The minimum Gasteiger partial charge on any atom is -0.381 e. The van der Waals surface area contributed by atoms with E-state index in [1.165, 1.54) is 10.6 Å². The topological polar surface area (TPSA) is 58.6 Å². The van der Waals surface area contributed by atoms with Gasteiger partial charge in [0.05, 0.1) is 6.26 Å². The maximum absolute atomic E-state index is 11.4. The number of nitrogens with zero attached hydrogens (tertiary/aromatic N) is 1. The molecule has 0 aromatic rings. The Morgan fingerprint density at radius 2 is 2.11 bits per heavy atom. The Hall–Kier alpha value is -0.170. The summed E-state index contributed by atoms with van der Waals surface area (Å²) in [7, 11) is -3.04. The summed E-state index contributed by atoms with van der Waals surface area (Å²) in [5.74, 6) is 0. The minimum atomic E-state index is -3.04. The van der Waals surface area contributed by atoms with E-state index in [0.29, 0.717) is 19.1 Å². The van der Waals surface area contributed by atoms with E-state index >= 15 is 0 Å². The van der Waals surface area contributed by atoms with E-state index in [1.807, 2.05) is 6.92 Å². The summed E-state index contributed by atoms with van der Waals surface area (Å²) in [5.41, 5.74) is 0. The molecule has 1 rings (SSSR count). The molecule has 108 valence electrons. The van der Waals surface area contributed by atoms with Crippen LogP contribution in [0.5, 0.6) is 0 Å². The number of hydrogen-bond acceptors (Lipinski definition) is 4. The second-order valence-electron chi connectivity index (χ2n) is 4.80. The van der Waals surface area contributed by atoms with Crippen LogP contribution in [0.15, 0.2) is 0 Å². The molecule has 6 heteroatoms. The third-order valence-corrected chi connectivity index (χ3v) is 4.67. The van der Waals surface area contributed by atoms with E-state index in [4.69, 9.17) is 4.74 Å². The number of nitrogens with one attached hydrogen (secondary N) is 1. The van der Waals surface area contributed by atoms with Crippen molar-refractivity contribution in [2.75, 3.05) is 39.1 Å². The summed E-state index contributed by atoms with van der Waals surface area (Å²) in [6.45, 7) is 5.60. The van der Waals surface area contributed by atoms with Crippen LogP contribution in [0.3, 0.4) is 0 Å². The Labute approximate surface area is 111 Å². The van der Waals surface area contributed by atoms with Gasteiger partial charge in [-0.2, -0.15) is 0 Å². The highest BCUT2D eigenvalue weighted by Gasteiger charge is 2.14. The fraction of sp³-hybridized carbons (Fsp3) is 1.00. The lowest BCUT2D eigenvalue weighted by Gasteiger charge is -2.19. The molecule has 0 aliphatic carbocycles. The van der Waals surface area contributed by atoms with E-state index < -0.39 is 10.0 Å². The van der Waals surface area contributed by atoms with Crippen molar-refractivity contribution >= 4 is 10.0 Å². The van der Waals surface area contributed by atoms with Gasteiger partial charge in [0.1, 0.15) is 0 Å². The van der Waals surface area contributed by atoms with Crippen molar-refractivity contribution in [2.24, 2.45) is 0 Å². The molecule has 0 bridgehead atoms. The van der Waals surface area contributed by atoms with Crippen LogP contribution in [0.2, 0.25) is 0 Å². The second kappa shape index (κ2) is 8.09. The highest BCUT2D eigenvalue weighted by Crippen LogP contribution is 2.08. The van der Waals surface area contributed by atoms with Crippen molar-refractivity contribution in [2.45, 2.75) is 38.6 Å². The van der Waals surface area contributed by atoms with E-state index in [-0.39, 0.29) is 0 Å². The molecule has 0 aromatic heterocycles. The fourth-order valence-electron chi connectivity index (χ4n) is 2.23. The van der Waals surface area contributed by atoms with Gasteiger partial charge in [0.25, 0.3) is 0 Å².